The molecule has 5 N–H and O–H groups in total. The number of hydrogen-bond donors (Lipinski definition) is 4. The van der Waals surface area contributed by atoms with Crippen LogP contribution in [0, 0.1) is 11.8 Å². The number of halogens is 2. The fourth-order valence-electron chi connectivity index (χ4n) is 3.03. The van der Waals surface area contributed by atoms with Crippen LogP contribution in [0.3, 0.4) is 0 Å². The molecule has 0 saturated heterocycles. The standard InChI is InChI=1S/C12H25BN2O4.2ClH/c1-15(2)8-10-4-3-9(5-6-13(18)19)7-12(10,14)11(16)17;;/h9-10,18-19H,3-8,14H2,1-2H3,(H,16,17);2*1H/t9-,10?,12+;;/m0../s1. The Kier molecular flexibility index (Phi) is 10.9. The third-order valence-electron chi connectivity index (χ3n) is 4.10. The molecule has 0 heterocycles. The smallest absolute Gasteiger partial charge is 0.451 e. The molecule has 0 amide bonds. The van der Waals surface area contributed by atoms with Gasteiger partial charge in [0.2, 0.25) is 0 Å². The van der Waals surface area contributed by atoms with Crippen LogP contribution in [0.15, 0.2) is 0 Å². The van der Waals surface area contributed by atoms with Crippen molar-refractivity contribution >= 4 is 37.9 Å². The average molecular weight is 345 g/mol. The van der Waals surface area contributed by atoms with E-state index in [2.05, 4.69) is 0 Å². The lowest BCUT2D eigenvalue weighted by Crippen LogP contribution is -2.59. The number of carbonyl (C=O) groups is 1. The number of rotatable bonds is 6. The maximum absolute atomic E-state index is 11.5. The molecule has 0 aromatic heterocycles. The van der Waals surface area contributed by atoms with E-state index in [4.69, 9.17) is 15.8 Å². The van der Waals surface area contributed by atoms with Gasteiger partial charge in [-0.15, -0.1) is 24.8 Å². The van der Waals surface area contributed by atoms with Crippen LogP contribution in [-0.2, 0) is 4.79 Å². The zero-order valence-corrected chi connectivity index (χ0v) is 14.2. The first-order chi connectivity index (χ1) is 8.75. The van der Waals surface area contributed by atoms with Gasteiger partial charge >= 0.3 is 13.1 Å². The second-order valence-corrected chi connectivity index (χ2v) is 6.01. The maximum Gasteiger partial charge on any atom is 0.451 e. The summed E-state index contributed by atoms with van der Waals surface area (Å²) in [5, 5.41) is 27.2. The minimum atomic E-state index is -1.32. The van der Waals surface area contributed by atoms with Crippen molar-refractivity contribution in [2.75, 3.05) is 20.6 Å². The molecule has 0 aliphatic heterocycles. The van der Waals surface area contributed by atoms with Gasteiger partial charge in [0.05, 0.1) is 0 Å². The molecule has 0 spiro atoms. The van der Waals surface area contributed by atoms with Crippen molar-refractivity contribution in [2.24, 2.45) is 17.6 Å². The Hall–Kier alpha value is -0.0451. The quantitative estimate of drug-likeness (QED) is 0.521. The van der Waals surface area contributed by atoms with Crippen LogP contribution in [0.4, 0.5) is 0 Å². The average Bonchev–Trinajstić information content (AvgIpc) is 2.29. The number of aliphatic carboxylic acids is 1. The molecule has 1 unspecified atom stereocenters. The van der Waals surface area contributed by atoms with E-state index in [1.165, 1.54) is 0 Å². The van der Waals surface area contributed by atoms with Crippen LogP contribution in [-0.4, -0.2) is 59.3 Å². The fourth-order valence-corrected chi connectivity index (χ4v) is 3.03. The molecule has 1 rings (SSSR count). The number of carboxylic acids is 1. The molecular formula is C12H27BCl2N2O4. The number of nitrogens with zero attached hydrogens (tertiary/aromatic N) is 1. The molecule has 0 bridgehead atoms. The second kappa shape index (κ2) is 9.87. The second-order valence-electron chi connectivity index (χ2n) is 6.01. The Morgan fingerprint density at radius 2 is 1.90 bits per heavy atom. The van der Waals surface area contributed by atoms with Crippen molar-refractivity contribution in [3.8, 4) is 0 Å². The summed E-state index contributed by atoms with van der Waals surface area (Å²) in [6.07, 6.45) is 2.97. The topological polar surface area (TPSA) is 107 Å². The summed E-state index contributed by atoms with van der Waals surface area (Å²) in [5.41, 5.74) is 4.94. The van der Waals surface area contributed by atoms with Crippen molar-refractivity contribution in [3.05, 3.63) is 0 Å². The molecule has 9 heteroatoms. The van der Waals surface area contributed by atoms with Crippen molar-refractivity contribution < 1.29 is 19.9 Å². The molecule has 126 valence electrons. The zero-order chi connectivity index (χ0) is 14.6. The van der Waals surface area contributed by atoms with E-state index in [1.54, 1.807) is 0 Å². The summed E-state index contributed by atoms with van der Waals surface area (Å²) >= 11 is 0. The summed E-state index contributed by atoms with van der Waals surface area (Å²) in [7, 11) is 2.50. The Morgan fingerprint density at radius 3 is 2.33 bits per heavy atom. The first-order valence-corrected chi connectivity index (χ1v) is 6.79. The fraction of sp³-hybridized carbons (Fsp3) is 0.917. The van der Waals surface area contributed by atoms with Gasteiger partial charge in [-0.1, -0.05) is 6.42 Å². The van der Waals surface area contributed by atoms with Gasteiger partial charge in [-0.25, -0.2) is 0 Å². The van der Waals surface area contributed by atoms with Crippen LogP contribution >= 0.6 is 24.8 Å². The number of nitrogens with two attached hydrogens (primary N) is 1. The van der Waals surface area contributed by atoms with E-state index in [-0.39, 0.29) is 43.0 Å². The van der Waals surface area contributed by atoms with Gasteiger partial charge in [0, 0.05) is 12.5 Å². The molecule has 1 saturated carbocycles. The van der Waals surface area contributed by atoms with Crippen molar-refractivity contribution in [1.82, 2.24) is 4.90 Å². The van der Waals surface area contributed by atoms with Crippen LogP contribution in [0.2, 0.25) is 6.32 Å². The van der Waals surface area contributed by atoms with Gasteiger partial charge in [0.1, 0.15) is 5.54 Å². The van der Waals surface area contributed by atoms with Gasteiger partial charge in [-0.05, 0) is 45.6 Å². The van der Waals surface area contributed by atoms with Crippen LogP contribution in [0.25, 0.3) is 0 Å². The lowest BCUT2D eigenvalue weighted by molar-refractivity contribution is -0.148. The predicted octanol–water partition coefficient (Wildman–Crippen LogP) is 0.453. The van der Waals surface area contributed by atoms with E-state index in [1.807, 2.05) is 19.0 Å². The summed E-state index contributed by atoms with van der Waals surface area (Å²) in [6.45, 7) is 0.665. The minimum absolute atomic E-state index is 0. The molecule has 0 radical (unpaired) electrons. The minimum Gasteiger partial charge on any atom is -0.480 e. The molecule has 0 aromatic rings. The zero-order valence-electron chi connectivity index (χ0n) is 12.6. The highest BCUT2D eigenvalue weighted by Gasteiger charge is 2.46. The molecule has 0 aromatic carbocycles. The normalized spacial score (nSPS) is 28.5. The predicted molar refractivity (Wildman–Crippen MR) is 88.1 cm³/mol. The Morgan fingerprint density at radius 1 is 1.33 bits per heavy atom. The van der Waals surface area contributed by atoms with Crippen LogP contribution in [0.5, 0.6) is 0 Å². The van der Waals surface area contributed by atoms with Crippen molar-refractivity contribution in [1.29, 1.82) is 0 Å². The summed E-state index contributed by atoms with van der Waals surface area (Å²) in [4.78, 5) is 13.5. The Bertz CT molecular complexity index is 324. The van der Waals surface area contributed by atoms with Gasteiger partial charge in [0.15, 0.2) is 0 Å². The maximum atomic E-state index is 11.5. The Labute approximate surface area is 139 Å². The first-order valence-electron chi connectivity index (χ1n) is 6.79. The van der Waals surface area contributed by atoms with Crippen LogP contribution < -0.4 is 5.73 Å². The third kappa shape index (κ3) is 6.71. The van der Waals surface area contributed by atoms with Crippen LogP contribution in [0.1, 0.15) is 25.7 Å². The highest BCUT2D eigenvalue weighted by molar-refractivity contribution is 6.40. The highest BCUT2D eigenvalue weighted by Crippen LogP contribution is 2.38. The van der Waals surface area contributed by atoms with E-state index in [9.17, 15) is 9.90 Å². The molecule has 3 atom stereocenters. The number of carboxylic acid groups (broad SMARTS) is 1. The first kappa shape index (κ1) is 23.2. The highest BCUT2D eigenvalue weighted by atomic mass is 35.5. The Balaban J connectivity index is 0. The van der Waals surface area contributed by atoms with Gasteiger partial charge < -0.3 is 25.8 Å². The van der Waals surface area contributed by atoms with Crippen molar-refractivity contribution in [3.63, 3.8) is 0 Å². The lowest BCUT2D eigenvalue weighted by Gasteiger charge is -2.42. The monoisotopic (exact) mass is 344 g/mol. The molecule has 21 heavy (non-hydrogen) atoms. The third-order valence-corrected chi connectivity index (χ3v) is 4.10. The molecule has 1 aliphatic rings. The van der Waals surface area contributed by atoms with Crippen molar-refractivity contribution in [2.45, 2.75) is 37.5 Å². The van der Waals surface area contributed by atoms with E-state index in [0.717, 1.165) is 12.8 Å². The van der Waals surface area contributed by atoms with E-state index < -0.39 is 18.6 Å². The summed E-state index contributed by atoms with van der Waals surface area (Å²) in [5.74, 6) is -0.856. The summed E-state index contributed by atoms with van der Waals surface area (Å²) in [6, 6.07) is 0. The summed E-state index contributed by atoms with van der Waals surface area (Å²) < 4.78 is 0. The largest absolute Gasteiger partial charge is 0.480 e. The molecule has 1 aliphatic carbocycles. The van der Waals surface area contributed by atoms with E-state index in [0.29, 0.717) is 19.4 Å². The van der Waals surface area contributed by atoms with Gasteiger partial charge in [-0.3, -0.25) is 4.79 Å². The van der Waals surface area contributed by atoms with Gasteiger partial charge in [-0.2, -0.15) is 0 Å². The molecular weight excluding hydrogens is 318 g/mol. The lowest BCUT2D eigenvalue weighted by atomic mass is 9.66. The number of hydrogen-bond acceptors (Lipinski definition) is 5. The SMILES string of the molecule is CN(C)CC1CC[C@@H](CCB(O)O)C[C@]1(N)C(=O)O.Cl.Cl. The van der Waals surface area contributed by atoms with E-state index >= 15 is 0 Å². The molecule has 6 nitrogen and oxygen atoms in total. The van der Waals surface area contributed by atoms with Gasteiger partial charge in [0.25, 0.3) is 0 Å². The molecule has 1 fully saturated rings.